The predicted molar refractivity (Wildman–Crippen MR) is 122 cm³/mol. The maximum Gasteiger partial charge on any atom is 0.190 e. The molecule has 27 heavy (non-hydrogen) atoms. The quantitative estimate of drug-likeness (QED) is 0.229. The van der Waals surface area contributed by atoms with Crippen LogP contribution in [-0.2, 0) is 4.74 Å². The minimum absolute atomic E-state index is 0. The van der Waals surface area contributed by atoms with Crippen molar-refractivity contribution in [2.75, 3.05) is 60.1 Å². The molecule has 1 aromatic rings. The van der Waals surface area contributed by atoms with E-state index in [4.69, 9.17) is 9.47 Å². The Labute approximate surface area is 181 Å². The Kier molecular flexibility index (Phi) is 13.3. The maximum atomic E-state index is 5.70. The summed E-state index contributed by atoms with van der Waals surface area (Å²) in [6.45, 7) is 6.74. The van der Waals surface area contributed by atoms with Crippen molar-refractivity contribution in [3.63, 3.8) is 0 Å². The average Bonchev–Trinajstić information content (AvgIpc) is 2.70. The lowest BCUT2D eigenvalue weighted by atomic mass is 9.97. The van der Waals surface area contributed by atoms with E-state index >= 15 is 0 Å². The molecular weight excluding hydrogens is 455 g/mol. The number of hydrogen-bond donors (Lipinski definition) is 2. The third-order valence-electron chi connectivity index (χ3n) is 4.73. The normalized spacial score (nSPS) is 15.9. The number of aliphatic imine (C=N–C) groups is 1. The highest BCUT2D eigenvalue weighted by atomic mass is 127. The summed E-state index contributed by atoms with van der Waals surface area (Å²) in [7, 11) is 3.59. The van der Waals surface area contributed by atoms with Gasteiger partial charge in [0.1, 0.15) is 5.75 Å². The second-order valence-electron chi connectivity index (χ2n) is 6.67. The van der Waals surface area contributed by atoms with E-state index in [1.807, 2.05) is 37.4 Å². The maximum absolute atomic E-state index is 5.70. The van der Waals surface area contributed by atoms with E-state index in [0.29, 0.717) is 12.5 Å². The lowest BCUT2D eigenvalue weighted by Gasteiger charge is -2.32. The molecular formula is C20H35IN4O2. The molecule has 1 fully saturated rings. The highest BCUT2D eigenvalue weighted by molar-refractivity contribution is 14.0. The van der Waals surface area contributed by atoms with E-state index in [1.54, 1.807) is 7.11 Å². The van der Waals surface area contributed by atoms with Gasteiger partial charge >= 0.3 is 0 Å². The Balaban J connectivity index is 0.00000364. The van der Waals surface area contributed by atoms with Gasteiger partial charge in [-0.25, -0.2) is 0 Å². The van der Waals surface area contributed by atoms with Crippen LogP contribution in [0.3, 0.4) is 0 Å². The first-order valence-electron chi connectivity index (χ1n) is 9.65. The van der Waals surface area contributed by atoms with Gasteiger partial charge in [-0.2, -0.15) is 0 Å². The van der Waals surface area contributed by atoms with Crippen LogP contribution in [0.5, 0.6) is 5.75 Å². The van der Waals surface area contributed by atoms with Crippen LogP contribution in [-0.4, -0.2) is 71.0 Å². The number of likely N-dealkylation sites (tertiary alicyclic amines) is 1. The number of ether oxygens (including phenoxy) is 2. The Morgan fingerprint density at radius 3 is 2.56 bits per heavy atom. The highest BCUT2D eigenvalue weighted by Gasteiger charge is 2.18. The number of rotatable bonds is 10. The van der Waals surface area contributed by atoms with Crippen LogP contribution in [0.4, 0.5) is 0 Å². The fourth-order valence-electron chi connectivity index (χ4n) is 3.08. The molecule has 0 amide bonds. The van der Waals surface area contributed by atoms with Crippen LogP contribution in [0.15, 0.2) is 35.3 Å². The van der Waals surface area contributed by atoms with Gasteiger partial charge in [-0.1, -0.05) is 18.2 Å². The van der Waals surface area contributed by atoms with Crippen molar-refractivity contribution in [1.29, 1.82) is 0 Å². The Bertz CT molecular complexity index is 508. The van der Waals surface area contributed by atoms with Gasteiger partial charge in [0.05, 0.1) is 13.2 Å². The summed E-state index contributed by atoms with van der Waals surface area (Å²) in [6, 6.07) is 9.93. The monoisotopic (exact) mass is 490 g/mol. The van der Waals surface area contributed by atoms with Crippen LogP contribution in [0.1, 0.15) is 19.3 Å². The van der Waals surface area contributed by atoms with E-state index in [-0.39, 0.29) is 24.0 Å². The summed E-state index contributed by atoms with van der Waals surface area (Å²) >= 11 is 0. The van der Waals surface area contributed by atoms with Gasteiger partial charge in [-0.05, 0) is 50.4 Å². The third-order valence-corrected chi connectivity index (χ3v) is 4.73. The van der Waals surface area contributed by atoms with Crippen molar-refractivity contribution in [3.8, 4) is 5.75 Å². The molecule has 2 rings (SSSR count). The summed E-state index contributed by atoms with van der Waals surface area (Å²) in [5, 5.41) is 6.82. The van der Waals surface area contributed by atoms with Gasteiger partial charge in [0.15, 0.2) is 5.96 Å². The summed E-state index contributed by atoms with van der Waals surface area (Å²) in [5.41, 5.74) is 0. The van der Waals surface area contributed by atoms with Gasteiger partial charge in [0, 0.05) is 33.8 Å². The molecule has 0 spiro atoms. The van der Waals surface area contributed by atoms with Gasteiger partial charge in [0.2, 0.25) is 0 Å². The molecule has 1 aromatic carbocycles. The largest absolute Gasteiger partial charge is 0.494 e. The smallest absolute Gasteiger partial charge is 0.190 e. The topological polar surface area (TPSA) is 58.1 Å². The molecule has 1 saturated heterocycles. The predicted octanol–water partition coefficient (Wildman–Crippen LogP) is 2.60. The molecule has 1 aliphatic heterocycles. The summed E-state index contributed by atoms with van der Waals surface area (Å²) in [5.74, 6) is 2.52. The zero-order valence-electron chi connectivity index (χ0n) is 16.7. The second-order valence-corrected chi connectivity index (χ2v) is 6.67. The molecule has 0 unspecified atom stereocenters. The SMILES string of the molecule is CN=C(NCCCOc1ccccc1)NCC1CCN(CCOC)CC1.I. The molecule has 0 atom stereocenters. The number of piperidine rings is 1. The molecule has 154 valence electrons. The Morgan fingerprint density at radius 2 is 1.89 bits per heavy atom. The van der Waals surface area contributed by atoms with Gasteiger partial charge in [-0.3, -0.25) is 4.99 Å². The minimum Gasteiger partial charge on any atom is -0.494 e. The number of guanidine groups is 1. The average molecular weight is 490 g/mol. The zero-order chi connectivity index (χ0) is 18.5. The van der Waals surface area contributed by atoms with Crippen molar-refractivity contribution in [2.45, 2.75) is 19.3 Å². The zero-order valence-corrected chi connectivity index (χ0v) is 19.0. The van der Waals surface area contributed by atoms with Crippen molar-refractivity contribution in [3.05, 3.63) is 30.3 Å². The number of hydrogen-bond acceptors (Lipinski definition) is 4. The fraction of sp³-hybridized carbons (Fsp3) is 0.650. The van der Waals surface area contributed by atoms with Crippen LogP contribution >= 0.6 is 24.0 Å². The van der Waals surface area contributed by atoms with Crippen molar-refractivity contribution >= 4 is 29.9 Å². The molecule has 0 bridgehead atoms. The first-order chi connectivity index (χ1) is 12.8. The lowest BCUT2D eigenvalue weighted by Crippen LogP contribution is -2.43. The van der Waals surface area contributed by atoms with Crippen LogP contribution in [0.2, 0.25) is 0 Å². The molecule has 2 N–H and O–H groups in total. The second kappa shape index (κ2) is 14.9. The van der Waals surface area contributed by atoms with E-state index in [9.17, 15) is 0 Å². The Morgan fingerprint density at radius 1 is 1.15 bits per heavy atom. The summed E-state index contributed by atoms with van der Waals surface area (Å²) in [4.78, 5) is 6.80. The lowest BCUT2D eigenvalue weighted by molar-refractivity contribution is 0.121. The molecule has 0 saturated carbocycles. The summed E-state index contributed by atoms with van der Waals surface area (Å²) < 4.78 is 10.9. The molecule has 7 heteroatoms. The molecule has 0 aliphatic carbocycles. The van der Waals surface area contributed by atoms with Gasteiger partial charge < -0.3 is 25.0 Å². The van der Waals surface area contributed by atoms with E-state index in [0.717, 1.165) is 44.4 Å². The molecule has 0 aromatic heterocycles. The third kappa shape index (κ3) is 10.2. The molecule has 1 aliphatic rings. The van der Waals surface area contributed by atoms with E-state index in [2.05, 4.69) is 20.5 Å². The standard InChI is InChI=1S/C20H34N4O2.HI/c1-21-20(22-11-6-15-26-19-7-4-3-5-8-19)23-17-18-9-12-24(13-10-18)14-16-25-2;/h3-5,7-8,18H,6,9-17H2,1-2H3,(H2,21,22,23);1H. The van der Waals surface area contributed by atoms with Gasteiger partial charge in [-0.15, -0.1) is 24.0 Å². The number of para-hydroxylation sites is 1. The number of nitrogens with one attached hydrogen (secondary N) is 2. The van der Waals surface area contributed by atoms with Crippen LogP contribution in [0, 0.1) is 5.92 Å². The van der Waals surface area contributed by atoms with Crippen molar-refractivity contribution in [2.24, 2.45) is 10.9 Å². The number of benzene rings is 1. The van der Waals surface area contributed by atoms with E-state index < -0.39 is 0 Å². The first-order valence-corrected chi connectivity index (χ1v) is 9.65. The number of halogens is 1. The minimum atomic E-state index is 0. The highest BCUT2D eigenvalue weighted by Crippen LogP contribution is 2.15. The van der Waals surface area contributed by atoms with Crippen LogP contribution < -0.4 is 15.4 Å². The van der Waals surface area contributed by atoms with Crippen LogP contribution in [0.25, 0.3) is 0 Å². The molecule has 0 radical (unpaired) electrons. The Hall–Kier alpha value is -1.06. The number of nitrogens with zero attached hydrogens (tertiary/aromatic N) is 2. The fourth-order valence-corrected chi connectivity index (χ4v) is 3.08. The van der Waals surface area contributed by atoms with E-state index in [1.165, 1.54) is 25.9 Å². The first kappa shape index (κ1) is 24.0. The van der Waals surface area contributed by atoms with Gasteiger partial charge in [0.25, 0.3) is 0 Å². The number of methoxy groups -OCH3 is 1. The molecule has 6 nitrogen and oxygen atoms in total. The molecule has 1 heterocycles. The summed E-state index contributed by atoms with van der Waals surface area (Å²) in [6.07, 6.45) is 3.41. The van der Waals surface area contributed by atoms with Crippen molar-refractivity contribution < 1.29 is 9.47 Å². The van der Waals surface area contributed by atoms with Crippen molar-refractivity contribution in [1.82, 2.24) is 15.5 Å².